The predicted molar refractivity (Wildman–Crippen MR) is 92.0 cm³/mol. The summed E-state index contributed by atoms with van der Waals surface area (Å²) in [5.41, 5.74) is 2.16. The van der Waals surface area contributed by atoms with Gasteiger partial charge in [-0.25, -0.2) is 0 Å². The smallest absolute Gasteiger partial charge is 0.194 e. The SMILES string of the molecule is O=C(c1ccc2cccnc2c1)c1cc(I)ccc1Br. The first-order chi connectivity index (χ1) is 9.65. The molecule has 3 rings (SSSR count). The van der Waals surface area contributed by atoms with Gasteiger partial charge in [-0.15, -0.1) is 0 Å². The van der Waals surface area contributed by atoms with Crippen molar-refractivity contribution in [2.24, 2.45) is 0 Å². The van der Waals surface area contributed by atoms with Crippen molar-refractivity contribution in [1.29, 1.82) is 0 Å². The lowest BCUT2D eigenvalue weighted by atomic mass is 10.0. The highest BCUT2D eigenvalue weighted by Gasteiger charge is 2.13. The third-order valence-electron chi connectivity index (χ3n) is 3.04. The summed E-state index contributed by atoms with van der Waals surface area (Å²) in [6, 6.07) is 15.2. The summed E-state index contributed by atoms with van der Waals surface area (Å²) in [7, 11) is 0. The summed E-state index contributed by atoms with van der Waals surface area (Å²) < 4.78 is 1.84. The zero-order valence-corrected chi connectivity index (χ0v) is 14.1. The first kappa shape index (κ1) is 13.7. The highest BCUT2D eigenvalue weighted by atomic mass is 127. The normalized spacial score (nSPS) is 10.7. The van der Waals surface area contributed by atoms with Gasteiger partial charge in [-0.3, -0.25) is 9.78 Å². The monoisotopic (exact) mass is 437 g/mol. The number of benzene rings is 2. The van der Waals surface area contributed by atoms with Gasteiger partial charge in [-0.2, -0.15) is 0 Å². The van der Waals surface area contributed by atoms with E-state index in [0.717, 1.165) is 18.9 Å². The minimum Gasteiger partial charge on any atom is -0.289 e. The number of carbonyl (C=O) groups is 1. The first-order valence-corrected chi connectivity index (χ1v) is 7.87. The van der Waals surface area contributed by atoms with Crippen molar-refractivity contribution in [3.05, 3.63) is 73.9 Å². The average Bonchev–Trinajstić information content (AvgIpc) is 2.48. The van der Waals surface area contributed by atoms with Crippen molar-refractivity contribution in [1.82, 2.24) is 4.98 Å². The second-order valence-corrected chi connectivity index (χ2v) is 6.46. The number of pyridine rings is 1. The molecule has 0 unspecified atom stereocenters. The van der Waals surface area contributed by atoms with E-state index >= 15 is 0 Å². The Morgan fingerprint density at radius 2 is 1.95 bits per heavy atom. The summed E-state index contributed by atoms with van der Waals surface area (Å²) in [5.74, 6) is 0.00273. The number of fused-ring (bicyclic) bond motifs is 1. The van der Waals surface area contributed by atoms with Crippen molar-refractivity contribution in [3.8, 4) is 0 Å². The average molecular weight is 438 g/mol. The lowest BCUT2D eigenvalue weighted by Crippen LogP contribution is -2.03. The number of carbonyl (C=O) groups excluding carboxylic acids is 1. The van der Waals surface area contributed by atoms with Gasteiger partial charge in [-0.1, -0.05) is 34.1 Å². The summed E-state index contributed by atoms with van der Waals surface area (Å²) >= 11 is 5.64. The summed E-state index contributed by atoms with van der Waals surface area (Å²) in [5, 5.41) is 1.03. The van der Waals surface area contributed by atoms with Crippen LogP contribution in [0.3, 0.4) is 0 Å². The van der Waals surface area contributed by atoms with Crippen LogP contribution in [0.25, 0.3) is 10.9 Å². The van der Waals surface area contributed by atoms with Crippen LogP contribution in [0.2, 0.25) is 0 Å². The Morgan fingerprint density at radius 3 is 2.80 bits per heavy atom. The fourth-order valence-electron chi connectivity index (χ4n) is 2.03. The van der Waals surface area contributed by atoms with Crippen molar-refractivity contribution in [2.75, 3.05) is 0 Å². The van der Waals surface area contributed by atoms with Gasteiger partial charge in [0.25, 0.3) is 0 Å². The number of hydrogen-bond donors (Lipinski definition) is 0. The summed E-state index contributed by atoms with van der Waals surface area (Å²) in [6.07, 6.45) is 1.73. The van der Waals surface area contributed by atoms with Crippen molar-refractivity contribution < 1.29 is 4.79 Å². The Labute approximate surface area is 138 Å². The summed E-state index contributed by atoms with van der Waals surface area (Å²) in [4.78, 5) is 16.9. The third-order valence-corrected chi connectivity index (χ3v) is 4.40. The Bertz CT molecular complexity index is 816. The van der Waals surface area contributed by atoms with Crippen LogP contribution in [0, 0.1) is 3.57 Å². The fraction of sp³-hybridized carbons (Fsp3) is 0. The molecule has 1 aromatic heterocycles. The van der Waals surface area contributed by atoms with E-state index in [0.29, 0.717) is 11.1 Å². The molecule has 0 fully saturated rings. The largest absolute Gasteiger partial charge is 0.289 e. The second kappa shape index (κ2) is 5.61. The summed E-state index contributed by atoms with van der Waals surface area (Å²) in [6.45, 7) is 0. The molecule has 98 valence electrons. The van der Waals surface area contributed by atoms with E-state index < -0.39 is 0 Å². The van der Waals surface area contributed by atoms with Gasteiger partial charge < -0.3 is 0 Å². The van der Waals surface area contributed by atoms with E-state index in [1.807, 2.05) is 48.5 Å². The van der Waals surface area contributed by atoms with Gasteiger partial charge in [0.2, 0.25) is 0 Å². The van der Waals surface area contributed by atoms with Gasteiger partial charge in [-0.05, 0) is 52.9 Å². The molecule has 0 aliphatic rings. The number of aromatic nitrogens is 1. The molecule has 0 amide bonds. The lowest BCUT2D eigenvalue weighted by Gasteiger charge is -2.06. The molecule has 0 N–H and O–H groups in total. The number of halogens is 2. The maximum Gasteiger partial charge on any atom is 0.194 e. The zero-order chi connectivity index (χ0) is 14.1. The molecule has 2 aromatic carbocycles. The fourth-order valence-corrected chi connectivity index (χ4v) is 2.95. The van der Waals surface area contributed by atoms with Crippen LogP contribution in [0.5, 0.6) is 0 Å². The number of nitrogens with zero attached hydrogens (tertiary/aromatic N) is 1. The van der Waals surface area contributed by atoms with Crippen LogP contribution in [0.15, 0.2) is 59.2 Å². The minimum absolute atomic E-state index is 0.00273. The zero-order valence-electron chi connectivity index (χ0n) is 10.3. The van der Waals surface area contributed by atoms with Crippen LogP contribution < -0.4 is 0 Å². The van der Waals surface area contributed by atoms with Gasteiger partial charge >= 0.3 is 0 Å². The van der Waals surface area contributed by atoms with Crippen molar-refractivity contribution >= 4 is 55.2 Å². The Kier molecular flexibility index (Phi) is 3.85. The minimum atomic E-state index is 0.00273. The number of ketones is 1. The van der Waals surface area contributed by atoms with E-state index in [9.17, 15) is 4.79 Å². The predicted octanol–water partition coefficient (Wildman–Crippen LogP) is 4.83. The van der Waals surface area contributed by atoms with E-state index in [1.54, 1.807) is 6.20 Å². The maximum atomic E-state index is 12.6. The molecule has 0 saturated carbocycles. The Hall–Kier alpha value is -1.27. The van der Waals surface area contributed by atoms with Gasteiger partial charge in [0.05, 0.1) is 5.52 Å². The van der Waals surface area contributed by atoms with Crippen LogP contribution >= 0.6 is 38.5 Å². The molecule has 0 bridgehead atoms. The van der Waals surface area contributed by atoms with Crippen molar-refractivity contribution in [2.45, 2.75) is 0 Å². The van der Waals surface area contributed by atoms with Crippen LogP contribution in [0.1, 0.15) is 15.9 Å². The Morgan fingerprint density at radius 1 is 1.10 bits per heavy atom. The standard InChI is InChI=1S/C16H9BrINO/c17-14-6-5-12(18)9-13(14)16(20)11-4-3-10-2-1-7-19-15(10)8-11/h1-9H. The molecule has 0 spiro atoms. The maximum absolute atomic E-state index is 12.6. The molecule has 1 heterocycles. The van der Waals surface area contributed by atoms with E-state index in [4.69, 9.17) is 0 Å². The molecule has 2 nitrogen and oxygen atoms in total. The van der Waals surface area contributed by atoms with Crippen molar-refractivity contribution in [3.63, 3.8) is 0 Å². The quantitative estimate of drug-likeness (QED) is 0.424. The molecule has 0 saturated heterocycles. The molecule has 0 radical (unpaired) electrons. The van der Waals surface area contributed by atoms with E-state index in [2.05, 4.69) is 43.5 Å². The van der Waals surface area contributed by atoms with Crippen LogP contribution in [-0.2, 0) is 0 Å². The third kappa shape index (κ3) is 2.62. The number of hydrogen-bond acceptors (Lipinski definition) is 2. The lowest BCUT2D eigenvalue weighted by molar-refractivity contribution is 0.103. The van der Waals surface area contributed by atoms with Gasteiger partial charge in [0.15, 0.2) is 5.78 Å². The molecular formula is C16H9BrINO. The van der Waals surface area contributed by atoms with Crippen LogP contribution in [-0.4, -0.2) is 10.8 Å². The molecular weight excluding hydrogens is 429 g/mol. The molecule has 4 heteroatoms. The van der Waals surface area contributed by atoms with E-state index in [-0.39, 0.29) is 5.78 Å². The second-order valence-electron chi connectivity index (χ2n) is 4.36. The molecule has 0 aliphatic carbocycles. The first-order valence-electron chi connectivity index (χ1n) is 6.00. The Balaban J connectivity index is 2.10. The highest BCUT2D eigenvalue weighted by Crippen LogP contribution is 2.23. The molecule has 0 aliphatic heterocycles. The van der Waals surface area contributed by atoms with Gasteiger partial charge in [0, 0.05) is 30.8 Å². The molecule has 20 heavy (non-hydrogen) atoms. The highest BCUT2D eigenvalue weighted by molar-refractivity contribution is 14.1. The van der Waals surface area contributed by atoms with E-state index in [1.165, 1.54) is 0 Å². The molecule has 0 atom stereocenters. The topological polar surface area (TPSA) is 30.0 Å². The van der Waals surface area contributed by atoms with Crippen LogP contribution in [0.4, 0.5) is 0 Å². The number of rotatable bonds is 2. The molecule has 3 aromatic rings. The van der Waals surface area contributed by atoms with Gasteiger partial charge in [0.1, 0.15) is 0 Å².